The van der Waals surface area contributed by atoms with Gasteiger partial charge in [0.05, 0.1) is 0 Å². The fraction of sp³-hybridized carbons (Fsp3) is 0.391. The Bertz CT molecular complexity index is 918. The molecule has 0 aliphatic carbocycles. The van der Waals surface area contributed by atoms with Gasteiger partial charge in [0.25, 0.3) is 0 Å². The van der Waals surface area contributed by atoms with Crippen LogP contribution in [0.25, 0.3) is 10.6 Å². The van der Waals surface area contributed by atoms with Gasteiger partial charge in [0.1, 0.15) is 10.0 Å². The molecule has 5 rings (SSSR count). The minimum atomic E-state index is 0.436. The molecular weight excluding hydrogens is 350 g/mol. The second-order valence-corrected chi connectivity index (χ2v) is 9.06. The minimum absolute atomic E-state index is 0.436. The molecule has 3 nitrogen and oxygen atoms in total. The van der Waals surface area contributed by atoms with Crippen LogP contribution >= 0.6 is 11.3 Å². The molecule has 0 saturated carbocycles. The number of benzene rings is 2. The second kappa shape index (κ2) is 6.84. The molecule has 3 heterocycles. The van der Waals surface area contributed by atoms with E-state index in [1.165, 1.54) is 41.0 Å². The van der Waals surface area contributed by atoms with Crippen LogP contribution in [-0.4, -0.2) is 34.2 Å². The fourth-order valence-corrected chi connectivity index (χ4v) is 6.10. The normalized spacial score (nSPS) is 27.8. The molecule has 4 atom stereocenters. The highest BCUT2D eigenvalue weighted by Gasteiger charge is 2.47. The molecule has 0 radical (unpaired) electrons. The predicted octanol–water partition coefficient (Wildman–Crippen LogP) is 5.25. The average Bonchev–Trinajstić information content (AvgIpc) is 3.26. The SMILES string of the molecule is Cc1ccc([C@H]2CC3CCC(C2c2nnc(-c4ccccc4)s2)N3C)cc1. The lowest BCUT2D eigenvalue weighted by molar-refractivity contribution is 0.137. The summed E-state index contributed by atoms with van der Waals surface area (Å²) in [5.74, 6) is 0.974. The van der Waals surface area contributed by atoms with Gasteiger partial charge in [0.15, 0.2) is 0 Å². The molecule has 2 aliphatic rings. The van der Waals surface area contributed by atoms with E-state index < -0.39 is 0 Å². The number of fused-ring (bicyclic) bond motifs is 2. The van der Waals surface area contributed by atoms with Gasteiger partial charge in [-0.25, -0.2) is 0 Å². The van der Waals surface area contributed by atoms with Gasteiger partial charge in [-0.15, -0.1) is 10.2 Å². The van der Waals surface area contributed by atoms with E-state index in [2.05, 4.69) is 72.5 Å². The van der Waals surface area contributed by atoms with Crippen LogP contribution in [0.3, 0.4) is 0 Å². The van der Waals surface area contributed by atoms with Gasteiger partial charge in [0.2, 0.25) is 0 Å². The Kier molecular flexibility index (Phi) is 4.33. The fourth-order valence-electron chi connectivity index (χ4n) is 5.03. The van der Waals surface area contributed by atoms with Crippen LogP contribution in [0.1, 0.15) is 47.2 Å². The molecular formula is C23H25N3S. The van der Waals surface area contributed by atoms with Crippen molar-refractivity contribution in [2.24, 2.45) is 0 Å². The maximum Gasteiger partial charge on any atom is 0.147 e. The first kappa shape index (κ1) is 17.1. The molecule has 2 aromatic carbocycles. The summed E-state index contributed by atoms with van der Waals surface area (Å²) in [5.41, 5.74) is 3.96. The van der Waals surface area contributed by atoms with Crippen molar-refractivity contribution in [3.8, 4) is 10.6 Å². The Morgan fingerprint density at radius 3 is 2.52 bits per heavy atom. The molecule has 3 unspecified atom stereocenters. The molecule has 3 aromatic rings. The molecule has 2 fully saturated rings. The summed E-state index contributed by atoms with van der Waals surface area (Å²) in [6, 6.07) is 20.9. The average molecular weight is 376 g/mol. The van der Waals surface area contributed by atoms with Crippen LogP contribution in [0.15, 0.2) is 54.6 Å². The van der Waals surface area contributed by atoms with Crippen molar-refractivity contribution in [2.45, 2.75) is 50.1 Å². The summed E-state index contributed by atoms with van der Waals surface area (Å²) in [6.07, 6.45) is 3.81. The van der Waals surface area contributed by atoms with Gasteiger partial charge >= 0.3 is 0 Å². The smallest absolute Gasteiger partial charge is 0.147 e. The minimum Gasteiger partial charge on any atom is -0.300 e. The van der Waals surface area contributed by atoms with E-state index in [0.29, 0.717) is 23.9 Å². The van der Waals surface area contributed by atoms with Gasteiger partial charge in [-0.05, 0) is 44.7 Å². The van der Waals surface area contributed by atoms with Gasteiger partial charge in [-0.2, -0.15) is 0 Å². The molecule has 2 bridgehead atoms. The zero-order valence-electron chi connectivity index (χ0n) is 15.9. The van der Waals surface area contributed by atoms with Crippen molar-refractivity contribution in [3.05, 3.63) is 70.7 Å². The lowest BCUT2D eigenvalue weighted by atomic mass is 9.76. The third-order valence-electron chi connectivity index (χ3n) is 6.52. The molecule has 1 aromatic heterocycles. The Morgan fingerprint density at radius 2 is 1.74 bits per heavy atom. The summed E-state index contributed by atoms with van der Waals surface area (Å²) in [7, 11) is 2.31. The van der Waals surface area contributed by atoms with Crippen LogP contribution in [0.2, 0.25) is 0 Å². The summed E-state index contributed by atoms with van der Waals surface area (Å²) >= 11 is 1.78. The number of likely N-dealkylation sites (N-methyl/N-ethyl adjacent to an activating group) is 1. The summed E-state index contributed by atoms with van der Waals surface area (Å²) < 4.78 is 0. The highest BCUT2D eigenvalue weighted by molar-refractivity contribution is 7.14. The van der Waals surface area contributed by atoms with Crippen molar-refractivity contribution >= 4 is 11.3 Å². The number of piperidine rings is 1. The Hall–Kier alpha value is -2.04. The quantitative estimate of drug-likeness (QED) is 0.626. The molecule has 2 saturated heterocycles. The number of rotatable bonds is 3. The van der Waals surface area contributed by atoms with Crippen LogP contribution in [-0.2, 0) is 0 Å². The highest BCUT2D eigenvalue weighted by Crippen LogP contribution is 2.51. The Labute approximate surface area is 165 Å². The van der Waals surface area contributed by atoms with E-state index in [1.807, 2.05) is 6.07 Å². The summed E-state index contributed by atoms with van der Waals surface area (Å²) in [6.45, 7) is 2.16. The zero-order valence-corrected chi connectivity index (χ0v) is 16.7. The lowest BCUT2D eigenvalue weighted by Gasteiger charge is -2.42. The largest absolute Gasteiger partial charge is 0.300 e. The van der Waals surface area contributed by atoms with E-state index >= 15 is 0 Å². The standard InChI is InChI=1S/C23H25N3S/c1-15-8-10-16(11-9-15)19-14-18-12-13-20(26(18)2)21(19)23-25-24-22(27-23)17-6-4-3-5-7-17/h3-11,18-21H,12-14H2,1-2H3/t18?,19-,20?,21?/m1/s1. The Balaban J connectivity index is 1.54. The van der Waals surface area contributed by atoms with Crippen molar-refractivity contribution in [1.29, 1.82) is 0 Å². The number of aryl methyl sites for hydroxylation is 1. The van der Waals surface area contributed by atoms with E-state index in [4.69, 9.17) is 5.10 Å². The monoisotopic (exact) mass is 375 g/mol. The predicted molar refractivity (Wildman–Crippen MR) is 111 cm³/mol. The van der Waals surface area contributed by atoms with Crippen molar-refractivity contribution in [1.82, 2.24) is 15.1 Å². The van der Waals surface area contributed by atoms with Crippen LogP contribution in [0, 0.1) is 6.92 Å². The molecule has 0 N–H and O–H groups in total. The number of hydrogen-bond donors (Lipinski definition) is 0. The summed E-state index contributed by atoms with van der Waals surface area (Å²) in [5, 5.41) is 11.5. The highest BCUT2D eigenvalue weighted by atomic mass is 32.1. The van der Waals surface area contributed by atoms with E-state index in [9.17, 15) is 0 Å². The molecule has 2 aliphatic heterocycles. The van der Waals surface area contributed by atoms with E-state index in [1.54, 1.807) is 11.3 Å². The number of hydrogen-bond acceptors (Lipinski definition) is 4. The molecule has 27 heavy (non-hydrogen) atoms. The molecule has 0 spiro atoms. The van der Waals surface area contributed by atoms with Crippen LogP contribution in [0.4, 0.5) is 0 Å². The molecule has 0 amide bonds. The zero-order chi connectivity index (χ0) is 18.4. The summed E-state index contributed by atoms with van der Waals surface area (Å²) in [4.78, 5) is 2.61. The maximum atomic E-state index is 4.70. The van der Waals surface area contributed by atoms with Crippen LogP contribution in [0.5, 0.6) is 0 Å². The van der Waals surface area contributed by atoms with Gasteiger partial charge in [0, 0.05) is 23.6 Å². The van der Waals surface area contributed by atoms with Gasteiger partial charge in [-0.1, -0.05) is 71.5 Å². The molecule has 4 heteroatoms. The first-order valence-corrected chi connectivity index (χ1v) is 10.7. The van der Waals surface area contributed by atoms with Gasteiger partial charge in [-0.3, -0.25) is 4.90 Å². The van der Waals surface area contributed by atoms with Crippen molar-refractivity contribution in [3.63, 3.8) is 0 Å². The van der Waals surface area contributed by atoms with Crippen LogP contribution < -0.4 is 0 Å². The molecule has 138 valence electrons. The van der Waals surface area contributed by atoms with E-state index in [-0.39, 0.29) is 0 Å². The first-order valence-electron chi connectivity index (χ1n) is 9.88. The topological polar surface area (TPSA) is 29.0 Å². The van der Waals surface area contributed by atoms with E-state index in [0.717, 1.165) is 5.01 Å². The van der Waals surface area contributed by atoms with Gasteiger partial charge < -0.3 is 0 Å². The van der Waals surface area contributed by atoms with Crippen molar-refractivity contribution < 1.29 is 0 Å². The number of nitrogens with zero attached hydrogens (tertiary/aromatic N) is 3. The number of aromatic nitrogens is 2. The Morgan fingerprint density at radius 1 is 0.963 bits per heavy atom. The lowest BCUT2D eigenvalue weighted by Crippen LogP contribution is -2.44. The van der Waals surface area contributed by atoms with Crippen molar-refractivity contribution in [2.75, 3.05) is 7.05 Å². The third-order valence-corrected chi connectivity index (χ3v) is 7.59. The second-order valence-electron chi connectivity index (χ2n) is 8.05. The first-order chi connectivity index (χ1) is 13.2. The maximum absolute atomic E-state index is 4.70. The third kappa shape index (κ3) is 3.01.